The number of halogens is 1. The molecule has 1 aromatic carbocycles. The molecule has 1 amide bonds. The average Bonchev–Trinajstić information content (AvgIpc) is 3.53. The molecule has 0 saturated carbocycles. The summed E-state index contributed by atoms with van der Waals surface area (Å²) in [7, 11) is 3.49. The Labute approximate surface area is 224 Å². The van der Waals surface area contributed by atoms with Crippen LogP contribution in [0, 0.1) is 0 Å². The third-order valence-corrected chi connectivity index (χ3v) is 7.12. The van der Waals surface area contributed by atoms with E-state index < -0.39 is 0 Å². The van der Waals surface area contributed by atoms with E-state index in [4.69, 9.17) is 25.8 Å². The van der Waals surface area contributed by atoms with Crippen molar-refractivity contribution in [2.24, 2.45) is 7.05 Å². The number of carbonyl (C=O) groups is 1. The standard InChI is InChI=1S/C27H27ClN6O4/c1-32-25(6-7-30-32)31-24-11-20(21(28)12-29-24)18-10-22-27(35)34(19(16-36-2)15-33(22)13-18)14-17-4-3-5-23-26(17)38-9-8-37-23/h3-7,10-13,19H,8-9,14-16H2,1-2H3,(H,29,31)/t19-/m1/s1. The molecule has 0 saturated heterocycles. The van der Waals surface area contributed by atoms with E-state index in [1.54, 1.807) is 24.2 Å². The Bertz CT molecular complexity index is 1500. The fraction of sp³-hybridized carbons (Fsp3) is 0.296. The summed E-state index contributed by atoms with van der Waals surface area (Å²) in [5, 5.41) is 7.92. The molecule has 6 rings (SSSR count). The highest BCUT2D eigenvalue weighted by Gasteiger charge is 2.34. The van der Waals surface area contributed by atoms with Gasteiger partial charge in [-0.25, -0.2) is 4.98 Å². The van der Waals surface area contributed by atoms with E-state index >= 15 is 0 Å². The number of methoxy groups -OCH3 is 1. The number of ether oxygens (including phenoxy) is 3. The number of fused-ring (bicyclic) bond motifs is 2. The summed E-state index contributed by atoms with van der Waals surface area (Å²) in [5.41, 5.74) is 3.10. The summed E-state index contributed by atoms with van der Waals surface area (Å²) >= 11 is 6.57. The number of hydrogen-bond acceptors (Lipinski definition) is 7. The highest BCUT2D eigenvalue weighted by atomic mass is 35.5. The first kappa shape index (κ1) is 24.3. The number of aryl methyl sites for hydroxylation is 1. The molecular formula is C27H27ClN6O4. The van der Waals surface area contributed by atoms with E-state index in [0.717, 1.165) is 22.5 Å². The number of hydrogen-bond donors (Lipinski definition) is 1. The maximum atomic E-state index is 13.8. The molecule has 11 heteroatoms. The van der Waals surface area contributed by atoms with Gasteiger partial charge in [0.1, 0.15) is 30.5 Å². The Hall–Kier alpha value is -4.02. The van der Waals surface area contributed by atoms with Crippen LogP contribution in [0.4, 0.5) is 11.6 Å². The minimum Gasteiger partial charge on any atom is -0.486 e. The third kappa shape index (κ3) is 4.46. The molecule has 1 N–H and O–H groups in total. The van der Waals surface area contributed by atoms with Gasteiger partial charge in [-0.05, 0) is 18.2 Å². The quantitative estimate of drug-likeness (QED) is 0.381. The van der Waals surface area contributed by atoms with Gasteiger partial charge < -0.3 is 29.0 Å². The van der Waals surface area contributed by atoms with Crippen molar-refractivity contribution in [1.82, 2.24) is 24.2 Å². The van der Waals surface area contributed by atoms with Gasteiger partial charge in [0.25, 0.3) is 5.91 Å². The van der Waals surface area contributed by atoms with Gasteiger partial charge in [0, 0.05) is 55.9 Å². The van der Waals surface area contributed by atoms with Gasteiger partial charge in [-0.2, -0.15) is 5.10 Å². The molecular weight excluding hydrogens is 508 g/mol. The molecule has 0 bridgehead atoms. The fourth-order valence-corrected chi connectivity index (χ4v) is 5.17. The second kappa shape index (κ2) is 10.0. The molecule has 3 aromatic heterocycles. The number of anilines is 2. The topological polar surface area (TPSA) is 95.7 Å². The number of rotatable bonds is 7. The summed E-state index contributed by atoms with van der Waals surface area (Å²) in [4.78, 5) is 20.1. The van der Waals surface area contributed by atoms with Gasteiger partial charge in [-0.1, -0.05) is 23.7 Å². The molecule has 0 fully saturated rings. The van der Waals surface area contributed by atoms with E-state index in [1.807, 2.05) is 59.1 Å². The molecule has 196 valence electrons. The second-order valence-electron chi connectivity index (χ2n) is 9.26. The van der Waals surface area contributed by atoms with Crippen molar-refractivity contribution in [1.29, 1.82) is 0 Å². The minimum absolute atomic E-state index is 0.0858. The van der Waals surface area contributed by atoms with E-state index in [2.05, 4.69) is 15.4 Å². The first-order valence-electron chi connectivity index (χ1n) is 12.3. The van der Waals surface area contributed by atoms with Crippen molar-refractivity contribution >= 4 is 29.1 Å². The molecule has 0 spiro atoms. The smallest absolute Gasteiger partial charge is 0.271 e. The number of carbonyl (C=O) groups excluding carboxylic acids is 1. The highest BCUT2D eigenvalue weighted by Crippen LogP contribution is 2.37. The third-order valence-electron chi connectivity index (χ3n) is 6.82. The van der Waals surface area contributed by atoms with Gasteiger partial charge in [0.15, 0.2) is 11.5 Å². The molecule has 0 aliphatic carbocycles. The van der Waals surface area contributed by atoms with Crippen LogP contribution in [0.2, 0.25) is 5.02 Å². The summed E-state index contributed by atoms with van der Waals surface area (Å²) in [6.45, 7) is 2.37. The molecule has 0 radical (unpaired) electrons. The largest absolute Gasteiger partial charge is 0.486 e. The minimum atomic E-state index is -0.157. The van der Waals surface area contributed by atoms with Crippen LogP contribution in [0.15, 0.2) is 55.0 Å². The molecule has 2 aliphatic heterocycles. The van der Waals surface area contributed by atoms with Crippen LogP contribution in [-0.4, -0.2) is 63.1 Å². The van der Waals surface area contributed by atoms with Crippen LogP contribution in [0.5, 0.6) is 11.5 Å². The average molecular weight is 535 g/mol. The van der Waals surface area contributed by atoms with E-state index in [1.165, 1.54) is 0 Å². The predicted octanol–water partition coefficient (Wildman–Crippen LogP) is 4.12. The lowest BCUT2D eigenvalue weighted by Gasteiger charge is -2.37. The van der Waals surface area contributed by atoms with Crippen LogP contribution in [0.3, 0.4) is 0 Å². The number of amides is 1. The lowest BCUT2D eigenvalue weighted by atomic mass is 10.1. The maximum absolute atomic E-state index is 13.8. The van der Waals surface area contributed by atoms with Crippen LogP contribution >= 0.6 is 11.6 Å². The Morgan fingerprint density at radius 2 is 2.08 bits per heavy atom. The summed E-state index contributed by atoms with van der Waals surface area (Å²) in [5.74, 6) is 2.74. The molecule has 5 heterocycles. The van der Waals surface area contributed by atoms with Crippen molar-refractivity contribution < 1.29 is 19.0 Å². The zero-order valence-corrected chi connectivity index (χ0v) is 21.8. The van der Waals surface area contributed by atoms with Crippen LogP contribution in [0.1, 0.15) is 16.1 Å². The zero-order valence-electron chi connectivity index (χ0n) is 21.1. The molecule has 10 nitrogen and oxygen atoms in total. The van der Waals surface area contributed by atoms with Crippen LogP contribution < -0.4 is 14.8 Å². The molecule has 1 atom stereocenters. The molecule has 0 unspecified atom stereocenters. The lowest BCUT2D eigenvalue weighted by Crippen LogP contribution is -2.49. The monoisotopic (exact) mass is 534 g/mol. The Balaban J connectivity index is 1.32. The van der Waals surface area contributed by atoms with Crippen molar-refractivity contribution in [2.45, 2.75) is 19.1 Å². The number of benzene rings is 1. The zero-order chi connectivity index (χ0) is 26.2. The normalized spacial score (nSPS) is 16.4. The fourth-order valence-electron chi connectivity index (χ4n) is 4.96. The van der Waals surface area contributed by atoms with Crippen molar-refractivity contribution in [3.63, 3.8) is 0 Å². The molecule has 2 aliphatic rings. The first-order valence-corrected chi connectivity index (χ1v) is 12.7. The van der Waals surface area contributed by atoms with Crippen molar-refractivity contribution in [3.8, 4) is 22.6 Å². The van der Waals surface area contributed by atoms with Gasteiger partial charge in [-0.3, -0.25) is 9.48 Å². The summed E-state index contributed by atoms with van der Waals surface area (Å²) < 4.78 is 20.8. The van der Waals surface area contributed by atoms with Crippen molar-refractivity contribution in [3.05, 3.63) is 71.3 Å². The SMILES string of the molecule is COC[C@H]1Cn2cc(-c3cc(Nc4ccnn4C)ncc3Cl)cc2C(=O)N1Cc1cccc2c1OCCO2. The number of nitrogens with one attached hydrogen (secondary N) is 1. The maximum Gasteiger partial charge on any atom is 0.271 e. The number of nitrogens with zero attached hydrogens (tertiary/aromatic N) is 5. The number of aromatic nitrogens is 4. The van der Waals surface area contributed by atoms with Gasteiger partial charge in [0.05, 0.1) is 30.4 Å². The van der Waals surface area contributed by atoms with E-state index in [0.29, 0.717) is 60.9 Å². The Kier molecular flexibility index (Phi) is 6.42. The van der Waals surface area contributed by atoms with E-state index in [-0.39, 0.29) is 11.9 Å². The van der Waals surface area contributed by atoms with Crippen LogP contribution in [-0.2, 0) is 24.9 Å². The predicted molar refractivity (Wildman–Crippen MR) is 142 cm³/mol. The first-order chi connectivity index (χ1) is 18.5. The summed E-state index contributed by atoms with van der Waals surface area (Å²) in [6.07, 6.45) is 5.28. The van der Waals surface area contributed by atoms with Gasteiger partial charge in [0.2, 0.25) is 0 Å². The lowest BCUT2D eigenvalue weighted by molar-refractivity contribution is 0.0383. The number of pyridine rings is 1. The molecule has 4 aromatic rings. The Morgan fingerprint density at radius 3 is 2.89 bits per heavy atom. The van der Waals surface area contributed by atoms with Gasteiger partial charge in [-0.15, -0.1) is 0 Å². The van der Waals surface area contributed by atoms with E-state index in [9.17, 15) is 4.79 Å². The van der Waals surface area contributed by atoms with Crippen molar-refractivity contribution in [2.75, 3.05) is 32.2 Å². The van der Waals surface area contributed by atoms with Gasteiger partial charge >= 0.3 is 0 Å². The number of para-hydroxylation sites is 1. The highest BCUT2D eigenvalue weighted by molar-refractivity contribution is 6.33. The van der Waals surface area contributed by atoms with Crippen LogP contribution in [0.25, 0.3) is 11.1 Å². The second-order valence-corrected chi connectivity index (χ2v) is 9.67. The summed E-state index contributed by atoms with van der Waals surface area (Å²) in [6, 6.07) is 11.2. The Morgan fingerprint density at radius 1 is 1.21 bits per heavy atom. The molecule has 38 heavy (non-hydrogen) atoms.